The Kier molecular flexibility index (Phi) is 2.93. The molecular formula is C14H16FNO3. The van der Waals surface area contributed by atoms with E-state index in [0.717, 1.165) is 44.8 Å². The standard InChI is InChI=1S/C14H16FNO3/c15-12-2-1-10(7-11(12)13(17)18)16-8-14(9-16)3-5-19-6-4-14/h1-2,7H,3-6,8-9H2,(H,17,18). The van der Waals surface area contributed by atoms with Gasteiger partial charge in [-0.05, 0) is 31.0 Å². The second kappa shape index (κ2) is 4.49. The predicted molar refractivity (Wildman–Crippen MR) is 68.1 cm³/mol. The van der Waals surface area contributed by atoms with Crippen molar-refractivity contribution < 1.29 is 19.0 Å². The number of benzene rings is 1. The van der Waals surface area contributed by atoms with E-state index in [1.54, 1.807) is 6.07 Å². The average Bonchev–Trinajstić information content (AvgIpc) is 2.37. The highest BCUT2D eigenvalue weighted by Gasteiger charge is 2.43. The van der Waals surface area contributed by atoms with Gasteiger partial charge in [-0.25, -0.2) is 9.18 Å². The van der Waals surface area contributed by atoms with Crippen molar-refractivity contribution in [3.05, 3.63) is 29.6 Å². The largest absolute Gasteiger partial charge is 0.478 e. The lowest BCUT2D eigenvalue weighted by Gasteiger charge is -2.53. The van der Waals surface area contributed by atoms with E-state index in [1.165, 1.54) is 12.1 Å². The van der Waals surface area contributed by atoms with Crippen molar-refractivity contribution in [1.29, 1.82) is 0 Å². The van der Waals surface area contributed by atoms with E-state index in [1.807, 2.05) is 0 Å². The fourth-order valence-corrected chi connectivity index (χ4v) is 2.94. The molecule has 2 aliphatic heterocycles. The minimum Gasteiger partial charge on any atom is -0.478 e. The second-order valence-corrected chi connectivity index (χ2v) is 5.44. The molecule has 102 valence electrons. The van der Waals surface area contributed by atoms with Gasteiger partial charge in [-0.1, -0.05) is 0 Å². The molecule has 2 heterocycles. The molecule has 0 bridgehead atoms. The number of halogens is 1. The lowest BCUT2D eigenvalue weighted by atomic mass is 9.73. The van der Waals surface area contributed by atoms with E-state index in [4.69, 9.17) is 9.84 Å². The molecule has 0 saturated carbocycles. The van der Waals surface area contributed by atoms with Gasteiger partial charge >= 0.3 is 5.97 Å². The molecule has 5 heteroatoms. The van der Waals surface area contributed by atoms with Crippen LogP contribution < -0.4 is 4.90 Å². The molecule has 0 atom stereocenters. The zero-order valence-electron chi connectivity index (χ0n) is 10.6. The fraction of sp³-hybridized carbons (Fsp3) is 0.500. The molecule has 0 amide bonds. The number of carbonyl (C=O) groups is 1. The van der Waals surface area contributed by atoms with E-state index >= 15 is 0 Å². The molecule has 2 aliphatic rings. The third kappa shape index (κ3) is 2.18. The Morgan fingerprint density at radius 2 is 2.00 bits per heavy atom. The Morgan fingerprint density at radius 3 is 2.63 bits per heavy atom. The maximum absolute atomic E-state index is 13.3. The van der Waals surface area contributed by atoms with Gasteiger partial charge < -0.3 is 14.7 Å². The first kappa shape index (κ1) is 12.4. The van der Waals surface area contributed by atoms with Crippen LogP contribution in [0, 0.1) is 11.2 Å². The molecule has 1 aromatic rings. The van der Waals surface area contributed by atoms with Gasteiger partial charge in [0.1, 0.15) is 5.82 Å². The summed E-state index contributed by atoms with van der Waals surface area (Å²) in [5.74, 6) is -1.90. The van der Waals surface area contributed by atoms with Crippen LogP contribution in [0.25, 0.3) is 0 Å². The van der Waals surface area contributed by atoms with Crippen molar-refractivity contribution in [2.75, 3.05) is 31.2 Å². The van der Waals surface area contributed by atoms with Crippen LogP contribution in [0.4, 0.5) is 10.1 Å². The quantitative estimate of drug-likeness (QED) is 0.890. The van der Waals surface area contributed by atoms with Crippen LogP contribution in [0.5, 0.6) is 0 Å². The Balaban J connectivity index is 1.74. The second-order valence-electron chi connectivity index (χ2n) is 5.44. The molecule has 0 aromatic heterocycles. The number of hydrogen-bond donors (Lipinski definition) is 1. The molecule has 0 radical (unpaired) electrons. The number of ether oxygens (including phenoxy) is 1. The minimum atomic E-state index is -1.22. The summed E-state index contributed by atoms with van der Waals surface area (Å²) in [5.41, 5.74) is 0.845. The Bertz CT molecular complexity index is 503. The van der Waals surface area contributed by atoms with Gasteiger partial charge in [-0.15, -0.1) is 0 Å². The lowest BCUT2D eigenvalue weighted by molar-refractivity contribution is -0.000194. The predicted octanol–water partition coefficient (Wildman–Crippen LogP) is 2.14. The SMILES string of the molecule is O=C(O)c1cc(N2CC3(CCOCC3)C2)ccc1F. The van der Waals surface area contributed by atoms with Crippen molar-refractivity contribution in [2.24, 2.45) is 5.41 Å². The van der Waals surface area contributed by atoms with Crippen molar-refractivity contribution in [1.82, 2.24) is 0 Å². The number of anilines is 1. The van der Waals surface area contributed by atoms with Crippen LogP contribution in [0.3, 0.4) is 0 Å². The van der Waals surface area contributed by atoms with Crippen molar-refractivity contribution in [2.45, 2.75) is 12.8 Å². The van der Waals surface area contributed by atoms with Gasteiger partial charge in [0.15, 0.2) is 0 Å². The third-order valence-electron chi connectivity index (χ3n) is 4.15. The van der Waals surface area contributed by atoms with Crippen molar-refractivity contribution in [3.63, 3.8) is 0 Å². The summed E-state index contributed by atoms with van der Waals surface area (Å²) in [6.45, 7) is 3.41. The molecule has 1 N–H and O–H groups in total. The summed E-state index contributed by atoms with van der Waals surface area (Å²) in [7, 11) is 0. The molecule has 19 heavy (non-hydrogen) atoms. The Labute approximate surface area is 110 Å². The smallest absolute Gasteiger partial charge is 0.338 e. The van der Waals surface area contributed by atoms with E-state index in [9.17, 15) is 9.18 Å². The first-order valence-corrected chi connectivity index (χ1v) is 6.45. The summed E-state index contributed by atoms with van der Waals surface area (Å²) in [6, 6.07) is 4.30. The number of carboxylic acids is 1. The maximum Gasteiger partial charge on any atom is 0.338 e. The third-order valence-corrected chi connectivity index (χ3v) is 4.15. The minimum absolute atomic E-state index is 0.259. The number of hydrogen-bond acceptors (Lipinski definition) is 3. The molecule has 2 saturated heterocycles. The van der Waals surface area contributed by atoms with Crippen LogP contribution >= 0.6 is 0 Å². The molecule has 0 aliphatic carbocycles. The normalized spacial score (nSPS) is 21.2. The number of nitrogens with zero attached hydrogens (tertiary/aromatic N) is 1. The van der Waals surface area contributed by atoms with E-state index in [2.05, 4.69) is 4.90 Å². The van der Waals surface area contributed by atoms with Crippen LogP contribution in [0.15, 0.2) is 18.2 Å². The Morgan fingerprint density at radius 1 is 1.32 bits per heavy atom. The Hall–Kier alpha value is -1.62. The van der Waals surface area contributed by atoms with Crippen LogP contribution in [-0.4, -0.2) is 37.4 Å². The molecule has 1 spiro atoms. The van der Waals surface area contributed by atoms with E-state index in [-0.39, 0.29) is 5.56 Å². The monoisotopic (exact) mass is 265 g/mol. The van der Waals surface area contributed by atoms with Crippen LogP contribution in [0.2, 0.25) is 0 Å². The zero-order valence-corrected chi connectivity index (χ0v) is 10.6. The van der Waals surface area contributed by atoms with Gasteiger partial charge in [0.05, 0.1) is 5.56 Å². The highest BCUT2D eigenvalue weighted by Crippen LogP contribution is 2.42. The topological polar surface area (TPSA) is 49.8 Å². The van der Waals surface area contributed by atoms with Crippen molar-refractivity contribution >= 4 is 11.7 Å². The number of carboxylic acid groups (broad SMARTS) is 1. The zero-order chi connectivity index (χ0) is 13.5. The number of rotatable bonds is 2. The molecule has 0 unspecified atom stereocenters. The maximum atomic E-state index is 13.3. The molecule has 1 aromatic carbocycles. The number of aromatic carboxylic acids is 1. The summed E-state index contributed by atoms with van der Waals surface area (Å²) >= 11 is 0. The fourth-order valence-electron chi connectivity index (χ4n) is 2.94. The molecule has 2 fully saturated rings. The van der Waals surface area contributed by atoms with E-state index < -0.39 is 11.8 Å². The lowest BCUT2D eigenvalue weighted by Crippen LogP contribution is -2.58. The highest BCUT2D eigenvalue weighted by molar-refractivity contribution is 5.89. The van der Waals surface area contributed by atoms with Gasteiger partial charge in [0.2, 0.25) is 0 Å². The summed E-state index contributed by atoms with van der Waals surface area (Å²) in [6.07, 6.45) is 2.10. The average molecular weight is 265 g/mol. The first-order valence-electron chi connectivity index (χ1n) is 6.45. The van der Waals surface area contributed by atoms with Crippen LogP contribution in [-0.2, 0) is 4.74 Å². The van der Waals surface area contributed by atoms with Crippen LogP contribution in [0.1, 0.15) is 23.2 Å². The summed E-state index contributed by atoms with van der Waals surface area (Å²) in [5, 5.41) is 8.93. The summed E-state index contributed by atoms with van der Waals surface area (Å²) < 4.78 is 18.7. The molecule has 3 rings (SSSR count). The van der Waals surface area contributed by atoms with Gasteiger partial charge in [0.25, 0.3) is 0 Å². The highest BCUT2D eigenvalue weighted by atomic mass is 19.1. The van der Waals surface area contributed by atoms with Gasteiger partial charge in [-0.3, -0.25) is 0 Å². The first-order chi connectivity index (χ1) is 9.10. The van der Waals surface area contributed by atoms with Gasteiger partial charge in [0, 0.05) is 37.4 Å². The molecular weight excluding hydrogens is 249 g/mol. The summed E-state index contributed by atoms with van der Waals surface area (Å²) in [4.78, 5) is 13.0. The van der Waals surface area contributed by atoms with Crippen molar-refractivity contribution in [3.8, 4) is 0 Å². The van der Waals surface area contributed by atoms with E-state index in [0.29, 0.717) is 5.41 Å². The van der Waals surface area contributed by atoms with Gasteiger partial charge in [-0.2, -0.15) is 0 Å². The molecule has 4 nitrogen and oxygen atoms in total.